The number of amides is 2. The van der Waals surface area contributed by atoms with Gasteiger partial charge >= 0.3 is 0 Å². The van der Waals surface area contributed by atoms with Crippen LogP contribution in [0, 0.1) is 0 Å². The van der Waals surface area contributed by atoms with Crippen LogP contribution in [0.25, 0.3) is 10.6 Å². The molecule has 10 heteroatoms. The van der Waals surface area contributed by atoms with Gasteiger partial charge in [-0.2, -0.15) is 0 Å². The molecule has 2 amide bonds. The van der Waals surface area contributed by atoms with E-state index >= 15 is 0 Å². The second kappa shape index (κ2) is 10.4. The van der Waals surface area contributed by atoms with Gasteiger partial charge in [-0.1, -0.05) is 0 Å². The van der Waals surface area contributed by atoms with Crippen molar-refractivity contribution in [1.29, 1.82) is 0 Å². The van der Waals surface area contributed by atoms with Crippen molar-refractivity contribution in [3.05, 3.63) is 47.5 Å². The quantitative estimate of drug-likeness (QED) is 0.522. The molecule has 1 aliphatic heterocycles. The van der Waals surface area contributed by atoms with Crippen molar-refractivity contribution in [1.82, 2.24) is 9.88 Å². The van der Waals surface area contributed by atoms with Gasteiger partial charge < -0.3 is 29.2 Å². The van der Waals surface area contributed by atoms with E-state index in [1.54, 1.807) is 43.9 Å². The largest absolute Gasteiger partial charge is 0.493 e. The number of fused-ring (bicyclic) bond motifs is 1. The number of methoxy groups -OCH3 is 2. The molecule has 0 bridgehead atoms. The fourth-order valence-corrected chi connectivity index (χ4v) is 4.25. The Bertz CT molecular complexity index is 1200. The molecule has 1 aliphatic rings. The zero-order valence-corrected chi connectivity index (χ0v) is 19.9. The van der Waals surface area contributed by atoms with Gasteiger partial charge in [-0.05, 0) is 37.3 Å². The highest BCUT2D eigenvalue weighted by Gasteiger charge is 2.21. The van der Waals surface area contributed by atoms with E-state index in [2.05, 4.69) is 10.3 Å². The highest BCUT2D eigenvalue weighted by molar-refractivity contribution is 7.13. The van der Waals surface area contributed by atoms with Crippen molar-refractivity contribution in [3.8, 4) is 33.6 Å². The Labute approximate surface area is 201 Å². The highest BCUT2D eigenvalue weighted by Crippen LogP contribution is 2.34. The average Bonchev–Trinajstić information content (AvgIpc) is 3.36. The van der Waals surface area contributed by atoms with Crippen molar-refractivity contribution in [2.45, 2.75) is 6.92 Å². The lowest BCUT2D eigenvalue weighted by Gasteiger charge is -2.21. The van der Waals surface area contributed by atoms with Crippen LogP contribution in [0.1, 0.15) is 17.4 Å². The number of anilines is 1. The molecule has 0 saturated carbocycles. The third-order valence-electron chi connectivity index (χ3n) is 5.18. The fourth-order valence-electron chi connectivity index (χ4n) is 3.46. The predicted molar refractivity (Wildman–Crippen MR) is 128 cm³/mol. The topological polar surface area (TPSA) is 99.2 Å². The molecule has 1 N–H and O–H groups in total. The summed E-state index contributed by atoms with van der Waals surface area (Å²) in [5, 5.41) is 5.16. The molecule has 0 fully saturated rings. The number of hydrogen-bond acceptors (Lipinski definition) is 8. The summed E-state index contributed by atoms with van der Waals surface area (Å²) in [5.41, 5.74) is 1.66. The van der Waals surface area contributed by atoms with E-state index in [9.17, 15) is 9.59 Å². The van der Waals surface area contributed by atoms with Crippen LogP contribution in [0.3, 0.4) is 0 Å². The number of nitrogens with zero attached hydrogens (tertiary/aromatic N) is 2. The minimum atomic E-state index is -0.317. The molecule has 0 radical (unpaired) electrons. The molecular formula is C24H25N3O6S. The van der Waals surface area contributed by atoms with Crippen LogP contribution < -0.4 is 24.3 Å². The SMILES string of the molecule is CCN(CC(=O)Nc1ccc2c(c1)OCCO2)C(=O)c1csc(-c2ccc(OC)c(OC)c2)n1. The summed E-state index contributed by atoms with van der Waals surface area (Å²) in [5.74, 6) is 1.78. The highest BCUT2D eigenvalue weighted by atomic mass is 32.1. The van der Waals surface area contributed by atoms with Gasteiger partial charge in [-0.15, -0.1) is 11.3 Å². The van der Waals surface area contributed by atoms with Crippen molar-refractivity contribution in [2.75, 3.05) is 45.8 Å². The third-order valence-corrected chi connectivity index (χ3v) is 6.07. The molecule has 0 saturated heterocycles. The molecule has 34 heavy (non-hydrogen) atoms. The Morgan fingerprint density at radius 3 is 2.56 bits per heavy atom. The molecule has 2 aromatic carbocycles. The summed E-state index contributed by atoms with van der Waals surface area (Å²) in [6.07, 6.45) is 0. The maximum Gasteiger partial charge on any atom is 0.273 e. The Morgan fingerprint density at radius 1 is 1.06 bits per heavy atom. The van der Waals surface area contributed by atoms with Crippen molar-refractivity contribution < 1.29 is 28.5 Å². The summed E-state index contributed by atoms with van der Waals surface area (Å²) < 4.78 is 21.7. The molecule has 2 heterocycles. The molecule has 0 atom stereocenters. The summed E-state index contributed by atoms with van der Waals surface area (Å²) in [6, 6.07) is 10.6. The maximum absolute atomic E-state index is 13.0. The Morgan fingerprint density at radius 2 is 1.82 bits per heavy atom. The summed E-state index contributed by atoms with van der Waals surface area (Å²) in [4.78, 5) is 31.6. The third kappa shape index (κ3) is 5.07. The van der Waals surface area contributed by atoms with E-state index in [-0.39, 0.29) is 24.1 Å². The molecule has 3 aromatic rings. The molecule has 0 spiro atoms. The second-order valence-corrected chi connectivity index (χ2v) is 8.19. The number of aromatic nitrogens is 1. The van der Waals surface area contributed by atoms with Gasteiger partial charge in [-0.25, -0.2) is 4.98 Å². The first kappa shape index (κ1) is 23.4. The van der Waals surface area contributed by atoms with Crippen LogP contribution in [-0.2, 0) is 4.79 Å². The number of nitrogens with one attached hydrogen (secondary N) is 1. The van der Waals surface area contributed by atoms with Crippen LogP contribution in [0.5, 0.6) is 23.0 Å². The fraction of sp³-hybridized carbons (Fsp3) is 0.292. The first-order chi connectivity index (χ1) is 16.5. The standard InChI is InChI=1S/C24H25N3O6S/c1-4-27(13-22(28)25-16-6-8-19-21(12-16)33-10-9-32-19)24(29)17-14-34-23(26-17)15-5-7-18(30-2)20(11-15)31-3/h5-8,11-12,14H,4,9-10,13H2,1-3H3,(H,25,28). The maximum atomic E-state index is 13.0. The number of hydrogen-bond donors (Lipinski definition) is 1. The number of rotatable bonds is 8. The lowest BCUT2D eigenvalue weighted by molar-refractivity contribution is -0.116. The van der Waals surface area contributed by atoms with Crippen molar-refractivity contribution in [3.63, 3.8) is 0 Å². The van der Waals surface area contributed by atoms with Gasteiger partial charge in [0.1, 0.15) is 30.5 Å². The normalized spacial score (nSPS) is 12.1. The zero-order chi connectivity index (χ0) is 24.1. The Hall–Kier alpha value is -3.79. The number of carbonyl (C=O) groups excluding carboxylic acids is 2. The first-order valence-electron chi connectivity index (χ1n) is 10.7. The average molecular weight is 484 g/mol. The minimum Gasteiger partial charge on any atom is -0.493 e. The summed E-state index contributed by atoms with van der Waals surface area (Å²) in [7, 11) is 3.13. The molecule has 178 valence electrons. The molecule has 0 unspecified atom stereocenters. The Kier molecular flexibility index (Phi) is 7.17. The first-order valence-corrected chi connectivity index (χ1v) is 11.6. The number of carbonyl (C=O) groups is 2. The van der Waals surface area contributed by atoms with Gasteiger partial charge in [0.2, 0.25) is 5.91 Å². The minimum absolute atomic E-state index is 0.104. The van der Waals surface area contributed by atoms with Crippen LogP contribution >= 0.6 is 11.3 Å². The number of thiazole rings is 1. The second-order valence-electron chi connectivity index (χ2n) is 7.33. The van der Waals surface area contributed by atoms with Gasteiger partial charge in [-0.3, -0.25) is 9.59 Å². The lowest BCUT2D eigenvalue weighted by Crippen LogP contribution is -2.38. The lowest BCUT2D eigenvalue weighted by atomic mass is 10.2. The molecule has 0 aliphatic carbocycles. The van der Waals surface area contributed by atoms with E-state index in [0.29, 0.717) is 53.5 Å². The molecular weight excluding hydrogens is 458 g/mol. The summed E-state index contributed by atoms with van der Waals surface area (Å²) >= 11 is 1.34. The van der Waals surface area contributed by atoms with Gasteiger partial charge in [0.25, 0.3) is 5.91 Å². The zero-order valence-electron chi connectivity index (χ0n) is 19.1. The Balaban J connectivity index is 1.43. The number of benzene rings is 2. The van der Waals surface area contributed by atoms with Crippen molar-refractivity contribution >= 4 is 28.8 Å². The van der Waals surface area contributed by atoms with E-state index < -0.39 is 0 Å². The smallest absolute Gasteiger partial charge is 0.273 e. The van der Waals surface area contributed by atoms with Gasteiger partial charge in [0.15, 0.2) is 23.0 Å². The molecule has 1 aromatic heterocycles. The molecule has 9 nitrogen and oxygen atoms in total. The van der Waals surface area contributed by atoms with Gasteiger partial charge in [0, 0.05) is 29.2 Å². The van der Waals surface area contributed by atoms with E-state index in [1.807, 2.05) is 19.1 Å². The van der Waals surface area contributed by atoms with Gasteiger partial charge in [0.05, 0.1) is 14.2 Å². The van der Waals surface area contributed by atoms with Crippen LogP contribution in [0.15, 0.2) is 41.8 Å². The van der Waals surface area contributed by atoms with Crippen LogP contribution in [-0.4, -0.2) is 62.2 Å². The summed E-state index contributed by atoms with van der Waals surface area (Å²) in [6.45, 7) is 3.03. The van der Waals surface area contributed by atoms with Crippen molar-refractivity contribution in [2.24, 2.45) is 0 Å². The van der Waals surface area contributed by atoms with Crippen LogP contribution in [0.2, 0.25) is 0 Å². The number of likely N-dealkylation sites (N-methyl/N-ethyl adjacent to an activating group) is 1. The predicted octanol–water partition coefficient (Wildman–Crippen LogP) is 3.70. The number of ether oxygens (including phenoxy) is 4. The monoisotopic (exact) mass is 483 g/mol. The van der Waals surface area contributed by atoms with Crippen LogP contribution in [0.4, 0.5) is 5.69 Å². The van der Waals surface area contributed by atoms with E-state index in [4.69, 9.17) is 18.9 Å². The molecule has 4 rings (SSSR count). The van der Waals surface area contributed by atoms with E-state index in [0.717, 1.165) is 5.56 Å². The van der Waals surface area contributed by atoms with E-state index in [1.165, 1.54) is 16.2 Å².